The molecule has 0 bridgehead atoms. The van der Waals surface area contributed by atoms with Crippen molar-refractivity contribution in [1.29, 1.82) is 0 Å². The number of amides is 1. The molecule has 0 heterocycles. The molecule has 3 rings (SSSR count). The van der Waals surface area contributed by atoms with Crippen molar-refractivity contribution in [1.82, 2.24) is 0 Å². The number of rotatable bonds is 5. The first-order valence-electron chi connectivity index (χ1n) is 7.13. The number of carbonyl (C=O) groups is 1. The van der Waals surface area contributed by atoms with Gasteiger partial charge in [-0.2, -0.15) is 8.78 Å². The van der Waals surface area contributed by atoms with Crippen molar-refractivity contribution in [3.8, 4) is 5.75 Å². The molecule has 1 N–H and O–H groups in total. The fourth-order valence-corrected chi connectivity index (χ4v) is 2.77. The van der Waals surface area contributed by atoms with Crippen LogP contribution in [0.25, 0.3) is 0 Å². The molecule has 3 nitrogen and oxygen atoms in total. The summed E-state index contributed by atoms with van der Waals surface area (Å²) in [6.45, 7) is -2.94. The third-order valence-corrected chi connectivity index (χ3v) is 4.21. The molecular weight excluding hydrogens is 324 g/mol. The predicted octanol–water partition coefficient (Wildman–Crippen LogP) is 4.61. The average molecular weight is 338 g/mol. The van der Waals surface area contributed by atoms with Gasteiger partial charge in [0.1, 0.15) is 5.75 Å². The normalized spacial score (nSPS) is 15.3. The Labute approximate surface area is 137 Å². The molecule has 1 saturated carbocycles. The Morgan fingerprint density at radius 1 is 1.17 bits per heavy atom. The van der Waals surface area contributed by atoms with E-state index in [1.54, 1.807) is 0 Å². The van der Waals surface area contributed by atoms with Crippen molar-refractivity contribution >= 4 is 23.2 Å². The van der Waals surface area contributed by atoms with Crippen LogP contribution in [0.5, 0.6) is 5.75 Å². The molecule has 2 aromatic carbocycles. The molecule has 0 aliphatic heterocycles. The minimum atomic E-state index is -2.94. The zero-order chi connectivity index (χ0) is 16.4. The number of carbonyl (C=O) groups excluding carboxylic acids is 1. The van der Waals surface area contributed by atoms with Gasteiger partial charge >= 0.3 is 6.61 Å². The van der Waals surface area contributed by atoms with Crippen LogP contribution in [0.15, 0.2) is 48.5 Å². The SMILES string of the molecule is O=C(Nc1ccc(OC(F)F)c(Cl)c1)C1(c2ccccc2)CC1. The molecule has 23 heavy (non-hydrogen) atoms. The molecule has 0 radical (unpaired) electrons. The van der Waals surface area contributed by atoms with Crippen LogP contribution < -0.4 is 10.1 Å². The number of benzene rings is 2. The van der Waals surface area contributed by atoms with Crippen LogP contribution in [-0.4, -0.2) is 12.5 Å². The van der Waals surface area contributed by atoms with Crippen molar-refractivity contribution < 1.29 is 18.3 Å². The zero-order valence-corrected chi connectivity index (χ0v) is 12.8. The summed E-state index contributed by atoms with van der Waals surface area (Å²) >= 11 is 5.89. The maximum Gasteiger partial charge on any atom is 0.387 e. The van der Waals surface area contributed by atoms with Crippen molar-refractivity contribution in [3.05, 3.63) is 59.1 Å². The molecule has 0 saturated heterocycles. The minimum Gasteiger partial charge on any atom is -0.433 e. The fraction of sp³-hybridized carbons (Fsp3) is 0.235. The summed E-state index contributed by atoms with van der Waals surface area (Å²) in [5.41, 5.74) is 0.913. The van der Waals surface area contributed by atoms with Crippen molar-refractivity contribution in [2.45, 2.75) is 24.9 Å². The van der Waals surface area contributed by atoms with E-state index < -0.39 is 12.0 Å². The van der Waals surface area contributed by atoms with E-state index in [1.807, 2.05) is 30.3 Å². The van der Waals surface area contributed by atoms with E-state index in [2.05, 4.69) is 10.1 Å². The monoisotopic (exact) mass is 337 g/mol. The van der Waals surface area contributed by atoms with Crippen molar-refractivity contribution in [3.63, 3.8) is 0 Å². The second kappa shape index (κ2) is 6.16. The molecule has 2 aromatic rings. The third kappa shape index (κ3) is 3.29. The highest BCUT2D eigenvalue weighted by Crippen LogP contribution is 2.49. The van der Waals surface area contributed by atoms with Gasteiger partial charge < -0.3 is 10.1 Å². The maximum absolute atomic E-state index is 12.6. The first-order valence-corrected chi connectivity index (χ1v) is 7.50. The lowest BCUT2D eigenvalue weighted by molar-refractivity contribution is -0.118. The van der Waals surface area contributed by atoms with E-state index in [0.29, 0.717) is 5.69 Å². The lowest BCUT2D eigenvalue weighted by Gasteiger charge is -2.16. The summed E-state index contributed by atoms with van der Waals surface area (Å²) in [5.74, 6) is -0.244. The van der Waals surface area contributed by atoms with Crippen LogP contribution in [0.1, 0.15) is 18.4 Å². The highest BCUT2D eigenvalue weighted by atomic mass is 35.5. The largest absolute Gasteiger partial charge is 0.433 e. The van der Waals surface area contributed by atoms with Gasteiger partial charge in [0.15, 0.2) is 0 Å². The smallest absolute Gasteiger partial charge is 0.387 e. The Morgan fingerprint density at radius 3 is 2.43 bits per heavy atom. The predicted molar refractivity (Wildman–Crippen MR) is 84.1 cm³/mol. The van der Waals surface area contributed by atoms with E-state index in [1.165, 1.54) is 18.2 Å². The van der Waals surface area contributed by atoms with Crippen molar-refractivity contribution in [2.24, 2.45) is 0 Å². The van der Waals surface area contributed by atoms with Crippen molar-refractivity contribution in [2.75, 3.05) is 5.32 Å². The molecule has 0 spiro atoms. The number of nitrogens with one attached hydrogen (secondary N) is 1. The summed E-state index contributed by atoms with van der Waals surface area (Å²) < 4.78 is 28.7. The minimum absolute atomic E-state index is 0.0210. The van der Waals surface area contributed by atoms with Gasteiger partial charge in [0, 0.05) is 5.69 Å². The molecule has 6 heteroatoms. The van der Waals surface area contributed by atoms with Crippen LogP contribution >= 0.6 is 11.6 Å². The lowest BCUT2D eigenvalue weighted by Crippen LogP contribution is -2.27. The number of alkyl halides is 2. The number of halogens is 3. The van der Waals surface area contributed by atoms with Crippen LogP contribution in [0.4, 0.5) is 14.5 Å². The summed E-state index contributed by atoms with van der Waals surface area (Å²) in [6, 6.07) is 13.8. The van der Waals surface area contributed by atoms with Gasteiger partial charge in [-0.05, 0) is 36.6 Å². The van der Waals surface area contributed by atoms with Gasteiger partial charge in [-0.15, -0.1) is 0 Å². The number of ether oxygens (including phenoxy) is 1. The van der Waals surface area contributed by atoms with Gasteiger partial charge in [-0.3, -0.25) is 4.79 Å². The van der Waals surface area contributed by atoms with Gasteiger partial charge in [0.25, 0.3) is 0 Å². The number of anilines is 1. The summed E-state index contributed by atoms with van der Waals surface area (Å²) in [6.07, 6.45) is 1.56. The summed E-state index contributed by atoms with van der Waals surface area (Å²) in [4.78, 5) is 12.6. The fourth-order valence-electron chi connectivity index (χ4n) is 2.55. The Kier molecular flexibility index (Phi) is 4.22. The highest BCUT2D eigenvalue weighted by Gasteiger charge is 2.51. The first kappa shape index (κ1) is 15.7. The van der Waals surface area contributed by atoms with Gasteiger partial charge in [0.2, 0.25) is 5.91 Å². The van der Waals surface area contributed by atoms with Crippen LogP contribution in [0.3, 0.4) is 0 Å². The summed E-state index contributed by atoms with van der Waals surface area (Å²) in [5, 5.41) is 2.82. The second-order valence-corrected chi connectivity index (χ2v) is 5.83. The van der Waals surface area contributed by atoms with Gasteiger partial charge in [-0.25, -0.2) is 0 Å². The van der Waals surface area contributed by atoms with E-state index in [9.17, 15) is 13.6 Å². The molecule has 0 aromatic heterocycles. The van der Waals surface area contributed by atoms with Gasteiger partial charge in [0.05, 0.1) is 10.4 Å². The quantitative estimate of drug-likeness (QED) is 0.865. The molecule has 0 atom stereocenters. The standard InChI is InChI=1S/C17H14ClF2NO2/c18-13-10-12(6-7-14(13)23-16(19)20)21-15(22)17(8-9-17)11-4-2-1-3-5-11/h1-7,10,16H,8-9H2,(H,21,22). The second-order valence-electron chi connectivity index (χ2n) is 5.43. The number of hydrogen-bond acceptors (Lipinski definition) is 2. The van der Waals surface area contributed by atoms with Crippen LogP contribution in [-0.2, 0) is 10.2 Å². The zero-order valence-electron chi connectivity index (χ0n) is 12.1. The average Bonchev–Trinajstić information content (AvgIpc) is 3.32. The Hall–Kier alpha value is -2.14. The lowest BCUT2D eigenvalue weighted by atomic mass is 9.95. The van der Waals surface area contributed by atoms with E-state index in [0.717, 1.165) is 18.4 Å². The molecule has 120 valence electrons. The molecule has 0 unspecified atom stereocenters. The Bertz CT molecular complexity index is 718. The van der Waals surface area contributed by atoms with Crippen LogP contribution in [0.2, 0.25) is 5.02 Å². The van der Waals surface area contributed by atoms with Gasteiger partial charge in [-0.1, -0.05) is 41.9 Å². The molecule has 1 fully saturated rings. The Balaban J connectivity index is 1.75. The van der Waals surface area contributed by atoms with E-state index in [-0.39, 0.29) is 16.7 Å². The van der Waals surface area contributed by atoms with E-state index >= 15 is 0 Å². The maximum atomic E-state index is 12.6. The van der Waals surface area contributed by atoms with E-state index in [4.69, 9.17) is 11.6 Å². The molecule has 1 aliphatic rings. The number of hydrogen-bond donors (Lipinski definition) is 1. The Morgan fingerprint density at radius 2 is 1.87 bits per heavy atom. The summed E-state index contributed by atoms with van der Waals surface area (Å²) in [7, 11) is 0. The molecule has 1 aliphatic carbocycles. The molecule has 1 amide bonds. The topological polar surface area (TPSA) is 38.3 Å². The first-order chi connectivity index (χ1) is 11.0. The molecular formula is C17H14ClF2NO2. The third-order valence-electron chi connectivity index (χ3n) is 3.92. The highest BCUT2D eigenvalue weighted by molar-refractivity contribution is 6.32. The van der Waals surface area contributed by atoms with Crippen LogP contribution in [0, 0.1) is 0 Å².